The van der Waals surface area contributed by atoms with Gasteiger partial charge in [0.15, 0.2) is 16.5 Å². The van der Waals surface area contributed by atoms with Crippen molar-refractivity contribution in [1.29, 1.82) is 0 Å². The first-order chi connectivity index (χ1) is 9.53. The van der Waals surface area contributed by atoms with Crippen LogP contribution in [-0.2, 0) is 9.84 Å². The standard InChI is InChI=1S/C13H8N2O4S/c16-10-8-4-1-2-5-9(8)20(18,19)12(10)11(17)13-14-6-3-7-15-13/h1-7,17H/b12-11+. The first kappa shape index (κ1) is 12.5. The molecule has 0 atom stereocenters. The molecule has 0 amide bonds. The van der Waals surface area contributed by atoms with Crippen molar-refractivity contribution in [3.63, 3.8) is 0 Å². The highest BCUT2D eigenvalue weighted by atomic mass is 32.2. The molecule has 0 unspecified atom stereocenters. The van der Waals surface area contributed by atoms with Crippen LogP contribution in [0.5, 0.6) is 0 Å². The number of sulfone groups is 1. The molecule has 0 bridgehead atoms. The van der Waals surface area contributed by atoms with Crippen molar-refractivity contribution in [2.45, 2.75) is 4.90 Å². The molecule has 0 spiro atoms. The van der Waals surface area contributed by atoms with Gasteiger partial charge < -0.3 is 5.11 Å². The second-order valence-corrected chi connectivity index (χ2v) is 5.93. The normalized spacial score (nSPS) is 18.7. The van der Waals surface area contributed by atoms with Crippen LogP contribution in [0.1, 0.15) is 16.2 Å². The Balaban J connectivity index is 2.31. The third-order valence-corrected chi connectivity index (χ3v) is 4.74. The van der Waals surface area contributed by atoms with Gasteiger partial charge in [0, 0.05) is 18.0 Å². The van der Waals surface area contributed by atoms with E-state index in [1.165, 1.54) is 36.7 Å². The lowest BCUT2D eigenvalue weighted by molar-refractivity contribution is 0.104. The molecule has 2 heterocycles. The van der Waals surface area contributed by atoms with Gasteiger partial charge in [-0.25, -0.2) is 18.4 Å². The molecule has 1 N–H and O–H groups in total. The summed E-state index contributed by atoms with van der Waals surface area (Å²) in [5.41, 5.74) is 0.0463. The van der Waals surface area contributed by atoms with Crippen LogP contribution in [0.4, 0.5) is 0 Å². The van der Waals surface area contributed by atoms with Gasteiger partial charge in [0.05, 0.1) is 4.90 Å². The van der Waals surface area contributed by atoms with Gasteiger partial charge in [-0.15, -0.1) is 0 Å². The molecule has 0 saturated heterocycles. The maximum Gasteiger partial charge on any atom is 0.215 e. The summed E-state index contributed by atoms with van der Waals surface area (Å²) in [5, 5.41) is 10.1. The number of aliphatic hydroxyl groups excluding tert-OH is 1. The van der Waals surface area contributed by atoms with E-state index < -0.39 is 26.3 Å². The Labute approximate surface area is 114 Å². The van der Waals surface area contributed by atoms with Crippen LogP contribution in [-0.4, -0.2) is 29.3 Å². The molecule has 2 aromatic rings. The lowest BCUT2D eigenvalue weighted by atomic mass is 10.1. The molecule has 100 valence electrons. The molecule has 6 nitrogen and oxygen atoms in total. The summed E-state index contributed by atoms with van der Waals surface area (Å²) in [6.07, 6.45) is 2.69. The Kier molecular flexibility index (Phi) is 2.65. The predicted molar refractivity (Wildman–Crippen MR) is 69.5 cm³/mol. The summed E-state index contributed by atoms with van der Waals surface area (Å²) in [6, 6.07) is 7.32. The second-order valence-electron chi connectivity index (χ2n) is 4.08. The van der Waals surface area contributed by atoms with Crippen LogP contribution >= 0.6 is 0 Å². The molecule has 0 aliphatic carbocycles. The van der Waals surface area contributed by atoms with E-state index in [-0.39, 0.29) is 16.3 Å². The summed E-state index contributed by atoms with van der Waals surface area (Å²) in [4.78, 5) is 18.9. The van der Waals surface area contributed by atoms with E-state index in [1.807, 2.05) is 0 Å². The van der Waals surface area contributed by atoms with Crippen LogP contribution < -0.4 is 0 Å². The summed E-state index contributed by atoms with van der Waals surface area (Å²) in [7, 11) is -4.04. The first-order valence-corrected chi connectivity index (χ1v) is 7.11. The Bertz CT molecular complexity index is 842. The molecule has 0 radical (unpaired) electrons. The van der Waals surface area contributed by atoms with Crippen molar-refractivity contribution < 1.29 is 18.3 Å². The summed E-state index contributed by atoms with van der Waals surface area (Å²) in [5.74, 6) is -1.68. The van der Waals surface area contributed by atoms with Crippen LogP contribution in [0.15, 0.2) is 52.5 Å². The fourth-order valence-electron chi connectivity index (χ4n) is 2.00. The lowest BCUT2D eigenvalue weighted by Gasteiger charge is -2.01. The maximum atomic E-state index is 12.3. The van der Waals surface area contributed by atoms with Crippen LogP contribution in [0.2, 0.25) is 0 Å². The Morgan fingerprint density at radius 1 is 1.05 bits per heavy atom. The van der Waals surface area contributed by atoms with Crippen molar-refractivity contribution in [2.75, 3.05) is 0 Å². The monoisotopic (exact) mass is 288 g/mol. The minimum absolute atomic E-state index is 0.0463. The highest BCUT2D eigenvalue weighted by Crippen LogP contribution is 2.36. The van der Waals surface area contributed by atoms with Crippen molar-refractivity contribution in [3.8, 4) is 0 Å². The number of carbonyl (C=O) groups is 1. The topological polar surface area (TPSA) is 97.2 Å². The molecule has 20 heavy (non-hydrogen) atoms. The highest BCUT2D eigenvalue weighted by Gasteiger charge is 2.42. The zero-order valence-electron chi connectivity index (χ0n) is 10.0. The average Bonchev–Trinajstić information content (AvgIpc) is 2.67. The maximum absolute atomic E-state index is 12.3. The molecular formula is C13H8N2O4S. The fourth-order valence-corrected chi connectivity index (χ4v) is 3.63. The number of fused-ring (bicyclic) bond motifs is 1. The molecule has 1 aliphatic heterocycles. The molecule has 3 rings (SSSR count). The third-order valence-electron chi connectivity index (χ3n) is 2.89. The number of ketones is 1. The number of carbonyl (C=O) groups excluding carboxylic acids is 1. The van der Waals surface area contributed by atoms with E-state index in [9.17, 15) is 18.3 Å². The van der Waals surface area contributed by atoms with Crippen LogP contribution in [0.25, 0.3) is 5.76 Å². The average molecular weight is 288 g/mol. The Hall–Kier alpha value is -2.54. The minimum Gasteiger partial charge on any atom is -0.503 e. The Morgan fingerprint density at radius 3 is 2.35 bits per heavy atom. The highest BCUT2D eigenvalue weighted by molar-refractivity contribution is 7.97. The van der Waals surface area contributed by atoms with E-state index >= 15 is 0 Å². The molecular weight excluding hydrogens is 280 g/mol. The zero-order chi connectivity index (χ0) is 14.3. The van der Waals surface area contributed by atoms with Crippen molar-refractivity contribution in [1.82, 2.24) is 9.97 Å². The summed E-state index contributed by atoms with van der Waals surface area (Å²) in [6.45, 7) is 0. The quantitative estimate of drug-likeness (QED) is 0.628. The molecule has 1 aliphatic rings. The van der Waals surface area contributed by atoms with Gasteiger partial charge >= 0.3 is 0 Å². The number of rotatable bonds is 1. The van der Waals surface area contributed by atoms with Gasteiger partial charge in [-0.05, 0) is 18.2 Å². The smallest absolute Gasteiger partial charge is 0.215 e. The fraction of sp³-hybridized carbons (Fsp3) is 0. The first-order valence-electron chi connectivity index (χ1n) is 5.63. The number of aliphatic hydroxyl groups is 1. The van der Waals surface area contributed by atoms with Crippen LogP contribution in [0, 0.1) is 0 Å². The van der Waals surface area contributed by atoms with E-state index in [1.54, 1.807) is 6.07 Å². The van der Waals surface area contributed by atoms with Gasteiger partial charge in [0.25, 0.3) is 0 Å². The van der Waals surface area contributed by atoms with Gasteiger partial charge in [0.2, 0.25) is 15.6 Å². The largest absolute Gasteiger partial charge is 0.503 e. The van der Waals surface area contributed by atoms with E-state index in [2.05, 4.69) is 9.97 Å². The molecule has 0 saturated carbocycles. The van der Waals surface area contributed by atoms with Gasteiger partial charge in [-0.1, -0.05) is 12.1 Å². The SMILES string of the molecule is O=C1/C(=C(\O)c2ncccn2)S(=O)(=O)c2ccccc21. The van der Waals surface area contributed by atoms with Crippen molar-refractivity contribution >= 4 is 21.4 Å². The molecule has 7 heteroatoms. The van der Waals surface area contributed by atoms with E-state index in [4.69, 9.17) is 0 Å². The van der Waals surface area contributed by atoms with Gasteiger partial charge in [-0.2, -0.15) is 0 Å². The van der Waals surface area contributed by atoms with E-state index in [0.29, 0.717) is 0 Å². The molecule has 1 aromatic carbocycles. The number of allylic oxidation sites excluding steroid dienone is 1. The Morgan fingerprint density at radius 2 is 1.70 bits per heavy atom. The number of nitrogens with zero attached hydrogens (tertiary/aromatic N) is 2. The summed E-state index contributed by atoms with van der Waals surface area (Å²) >= 11 is 0. The number of hydrogen-bond acceptors (Lipinski definition) is 6. The number of Topliss-reactive ketones (excluding diaryl/α,β-unsaturated/α-hetero) is 1. The van der Waals surface area contributed by atoms with Crippen molar-refractivity contribution in [2.24, 2.45) is 0 Å². The van der Waals surface area contributed by atoms with E-state index in [0.717, 1.165) is 0 Å². The van der Waals surface area contributed by atoms with Gasteiger partial charge in [0.1, 0.15) is 0 Å². The zero-order valence-corrected chi connectivity index (χ0v) is 10.8. The number of hydrogen-bond donors (Lipinski definition) is 1. The van der Waals surface area contributed by atoms with Gasteiger partial charge in [-0.3, -0.25) is 4.79 Å². The lowest BCUT2D eigenvalue weighted by Crippen LogP contribution is -2.08. The molecule has 0 fully saturated rings. The third kappa shape index (κ3) is 1.64. The minimum atomic E-state index is -4.04. The van der Waals surface area contributed by atoms with Crippen LogP contribution in [0.3, 0.4) is 0 Å². The number of aromatic nitrogens is 2. The predicted octanol–water partition coefficient (Wildman–Crippen LogP) is 1.37. The number of benzene rings is 1. The van der Waals surface area contributed by atoms with Crippen molar-refractivity contribution in [3.05, 3.63) is 59.0 Å². The second kappa shape index (κ2) is 4.24. The summed E-state index contributed by atoms with van der Waals surface area (Å²) < 4.78 is 24.6. The molecule has 1 aromatic heterocycles.